The van der Waals surface area contributed by atoms with Crippen LogP contribution < -0.4 is 5.32 Å². The Balaban J connectivity index is 2.47. The fourth-order valence-electron chi connectivity index (χ4n) is 1.70. The normalized spacial score (nSPS) is 21.8. The zero-order valence-corrected chi connectivity index (χ0v) is 8.96. The molecule has 0 aromatic rings. The van der Waals surface area contributed by atoms with Crippen LogP contribution in [0.5, 0.6) is 0 Å². The van der Waals surface area contributed by atoms with Crippen molar-refractivity contribution in [3.8, 4) is 0 Å². The van der Waals surface area contributed by atoms with Crippen LogP contribution in [0.15, 0.2) is 0 Å². The van der Waals surface area contributed by atoms with Crippen LogP contribution in [0.2, 0.25) is 0 Å². The van der Waals surface area contributed by atoms with Crippen LogP contribution in [0.25, 0.3) is 0 Å². The van der Waals surface area contributed by atoms with Crippen LogP contribution in [0.1, 0.15) is 19.3 Å². The summed E-state index contributed by atoms with van der Waals surface area (Å²) in [6.07, 6.45) is -4.99. The number of carbonyl (C=O) groups is 2. The summed E-state index contributed by atoms with van der Waals surface area (Å²) in [6.45, 7) is 0.422. The molecule has 0 aliphatic carbocycles. The fourth-order valence-corrected chi connectivity index (χ4v) is 1.70. The number of likely N-dealkylation sites (tertiary alicyclic amines) is 1. The first-order valence-electron chi connectivity index (χ1n) is 5.16. The van der Waals surface area contributed by atoms with Gasteiger partial charge >= 0.3 is 18.2 Å². The summed E-state index contributed by atoms with van der Waals surface area (Å²) >= 11 is 0. The maximum Gasteiger partial charge on any atom is 0.471 e. The average molecular weight is 254 g/mol. The second-order valence-electron chi connectivity index (χ2n) is 3.87. The van der Waals surface area contributed by atoms with E-state index in [9.17, 15) is 22.8 Å². The van der Waals surface area contributed by atoms with Gasteiger partial charge in [0.1, 0.15) is 0 Å². The van der Waals surface area contributed by atoms with Gasteiger partial charge in [-0.3, -0.25) is 4.79 Å². The third-order valence-corrected chi connectivity index (χ3v) is 2.59. The fraction of sp³-hybridized carbons (Fsp3) is 0.778. The van der Waals surface area contributed by atoms with Gasteiger partial charge in [0.25, 0.3) is 0 Å². The Labute approximate surface area is 95.6 Å². The molecule has 2 amide bonds. The molecular weight excluding hydrogens is 241 g/mol. The van der Waals surface area contributed by atoms with Crippen LogP contribution in [-0.4, -0.2) is 47.3 Å². The van der Waals surface area contributed by atoms with Gasteiger partial charge in [-0.2, -0.15) is 13.2 Å². The van der Waals surface area contributed by atoms with Gasteiger partial charge in [-0.05, 0) is 19.3 Å². The standard InChI is InChI=1S/C9H13F3N2O3/c10-9(11,12)7(15)13-6-2-1-4-14(5-3-6)8(16)17/h6H,1-5H2,(H,13,15)(H,16,17). The Morgan fingerprint density at radius 2 is 1.88 bits per heavy atom. The summed E-state index contributed by atoms with van der Waals surface area (Å²) in [5.41, 5.74) is 0. The van der Waals surface area contributed by atoms with Gasteiger partial charge in [0.15, 0.2) is 0 Å². The van der Waals surface area contributed by atoms with Crippen molar-refractivity contribution in [2.45, 2.75) is 31.5 Å². The van der Waals surface area contributed by atoms with Crippen molar-refractivity contribution < 1.29 is 27.9 Å². The van der Waals surface area contributed by atoms with Gasteiger partial charge in [-0.1, -0.05) is 0 Å². The molecule has 1 atom stereocenters. The highest BCUT2D eigenvalue weighted by atomic mass is 19.4. The van der Waals surface area contributed by atoms with E-state index in [0.717, 1.165) is 4.90 Å². The van der Waals surface area contributed by atoms with Crippen molar-refractivity contribution in [1.82, 2.24) is 10.2 Å². The predicted octanol–water partition coefficient (Wildman–Crippen LogP) is 1.20. The topological polar surface area (TPSA) is 69.6 Å². The van der Waals surface area contributed by atoms with E-state index in [2.05, 4.69) is 0 Å². The van der Waals surface area contributed by atoms with Crippen molar-refractivity contribution >= 4 is 12.0 Å². The molecule has 0 bridgehead atoms. The maximum atomic E-state index is 12.0. The van der Waals surface area contributed by atoms with Gasteiger partial charge < -0.3 is 15.3 Å². The number of halogens is 3. The van der Waals surface area contributed by atoms with E-state index in [1.165, 1.54) is 0 Å². The minimum atomic E-state index is -4.89. The number of nitrogens with one attached hydrogen (secondary N) is 1. The van der Waals surface area contributed by atoms with E-state index in [1.54, 1.807) is 0 Å². The second-order valence-corrected chi connectivity index (χ2v) is 3.87. The zero-order valence-electron chi connectivity index (χ0n) is 8.96. The Kier molecular flexibility index (Phi) is 4.19. The van der Waals surface area contributed by atoms with Gasteiger partial charge in [-0.25, -0.2) is 4.79 Å². The van der Waals surface area contributed by atoms with Crippen molar-refractivity contribution in [3.63, 3.8) is 0 Å². The summed E-state index contributed by atoms with van der Waals surface area (Å²) in [4.78, 5) is 22.5. The molecule has 8 heteroatoms. The lowest BCUT2D eigenvalue weighted by Gasteiger charge is -2.18. The van der Waals surface area contributed by atoms with E-state index >= 15 is 0 Å². The van der Waals surface area contributed by atoms with Gasteiger partial charge in [0.2, 0.25) is 0 Å². The Hall–Kier alpha value is -1.47. The van der Waals surface area contributed by atoms with E-state index in [-0.39, 0.29) is 19.5 Å². The molecule has 1 heterocycles. The first kappa shape index (κ1) is 13.6. The second kappa shape index (κ2) is 5.24. The number of nitrogens with zero attached hydrogens (tertiary/aromatic N) is 1. The third kappa shape index (κ3) is 4.12. The number of alkyl halides is 3. The highest BCUT2D eigenvalue weighted by Crippen LogP contribution is 2.17. The number of carboxylic acid groups (broad SMARTS) is 1. The maximum absolute atomic E-state index is 12.0. The largest absolute Gasteiger partial charge is 0.471 e. The Bertz CT molecular complexity index is 306. The van der Waals surface area contributed by atoms with Gasteiger partial charge in [-0.15, -0.1) is 0 Å². The van der Waals surface area contributed by atoms with E-state index in [4.69, 9.17) is 5.11 Å². The molecule has 0 spiro atoms. The van der Waals surface area contributed by atoms with E-state index < -0.39 is 24.2 Å². The lowest BCUT2D eigenvalue weighted by atomic mass is 10.1. The molecule has 0 aromatic carbocycles. The highest BCUT2D eigenvalue weighted by Gasteiger charge is 2.39. The van der Waals surface area contributed by atoms with Crippen LogP contribution in [0, 0.1) is 0 Å². The summed E-state index contributed by atoms with van der Waals surface area (Å²) in [5, 5.41) is 10.6. The van der Waals surface area contributed by atoms with Crippen LogP contribution >= 0.6 is 0 Å². The molecule has 1 fully saturated rings. The molecule has 17 heavy (non-hydrogen) atoms. The molecule has 0 radical (unpaired) electrons. The summed E-state index contributed by atoms with van der Waals surface area (Å²) in [7, 11) is 0. The monoisotopic (exact) mass is 254 g/mol. The van der Waals surface area contributed by atoms with E-state index in [0.29, 0.717) is 12.8 Å². The van der Waals surface area contributed by atoms with Crippen LogP contribution in [0.4, 0.5) is 18.0 Å². The quantitative estimate of drug-likeness (QED) is 0.738. The molecule has 1 saturated heterocycles. The van der Waals surface area contributed by atoms with Crippen molar-refractivity contribution in [2.75, 3.05) is 13.1 Å². The minimum absolute atomic E-state index is 0.137. The Morgan fingerprint density at radius 1 is 1.24 bits per heavy atom. The van der Waals surface area contributed by atoms with Crippen molar-refractivity contribution in [1.29, 1.82) is 0 Å². The number of rotatable bonds is 1. The average Bonchev–Trinajstić information content (AvgIpc) is 2.41. The van der Waals surface area contributed by atoms with Gasteiger partial charge in [0.05, 0.1) is 0 Å². The molecule has 1 aliphatic heterocycles. The first-order chi connectivity index (χ1) is 7.80. The predicted molar refractivity (Wildman–Crippen MR) is 51.4 cm³/mol. The molecule has 0 aromatic heterocycles. The third-order valence-electron chi connectivity index (χ3n) is 2.59. The lowest BCUT2D eigenvalue weighted by Crippen LogP contribution is -2.43. The molecule has 1 aliphatic rings. The Morgan fingerprint density at radius 3 is 2.41 bits per heavy atom. The van der Waals surface area contributed by atoms with Gasteiger partial charge in [0, 0.05) is 19.1 Å². The number of carbonyl (C=O) groups excluding carboxylic acids is 1. The van der Waals surface area contributed by atoms with Crippen LogP contribution in [0.3, 0.4) is 0 Å². The molecule has 5 nitrogen and oxygen atoms in total. The first-order valence-corrected chi connectivity index (χ1v) is 5.16. The van der Waals surface area contributed by atoms with Crippen molar-refractivity contribution in [2.24, 2.45) is 0 Å². The SMILES string of the molecule is O=C(O)N1CCCC(NC(=O)C(F)(F)F)CC1. The molecule has 98 valence electrons. The zero-order chi connectivity index (χ0) is 13.1. The highest BCUT2D eigenvalue weighted by molar-refractivity contribution is 5.81. The van der Waals surface area contributed by atoms with Crippen LogP contribution in [-0.2, 0) is 4.79 Å². The molecule has 1 unspecified atom stereocenters. The molecule has 2 N–H and O–H groups in total. The van der Waals surface area contributed by atoms with Crippen molar-refractivity contribution in [3.05, 3.63) is 0 Å². The smallest absolute Gasteiger partial charge is 0.465 e. The summed E-state index contributed by atoms with van der Waals surface area (Å²) < 4.78 is 36.0. The summed E-state index contributed by atoms with van der Waals surface area (Å²) in [6, 6.07) is -0.617. The molecule has 0 saturated carbocycles. The molecular formula is C9H13F3N2O3. The molecule has 1 rings (SSSR count). The lowest BCUT2D eigenvalue weighted by molar-refractivity contribution is -0.174. The number of hydrogen-bond acceptors (Lipinski definition) is 2. The van der Waals surface area contributed by atoms with E-state index in [1.807, 2.05) is 5.32 Å². The number of amides is 2. The summed E-state index contributed by atoms with van der Waals surface area (Å²) in [5.74, 6) is -1.97. The number of hydrogen-bond donors (Lipinski definition) is 2. The minimum Gasteiger partial charge on any atom is -0.465 e.